The Hall–Kier alpha value is -3.67. The van der Waals surface area contributed by atoms with E-state index in [1.807, 2.05) is 36.4 Å². The fourth-order valence-electron chi connectivity index (χ4n) is 3.16. The van der Waals surface area contributed by atoms with Gasteiger partial charge in [0.15, 0.2) is 5.82 Å². The molecule has 0 N–H and O–H groups in total. The van der Waals surface area contributed by atoms with Gasteiger partial charge in [0, 0.05) is 55.4 Å². The minimum Gasteiger partial charge on any atom is -0.345 e. The van der Waals surface area contributed by atoms with Crippen LogP contribution >= 0.6 is 0 Å². The van der Waals surface area contributed by atoms with Crippen LogP contribution in [-0.4, -0.2) is 44.8 Å². The molecule has 0 aliphatic heterocycles. The summed E-state index contributed by atoms with van der Waals surface area (Å²) in [7, 11) is 3.51. The molecule has 144 valence electrons. The van der Waals surface area contributed by atoms with Gasteiger partial charge >= 0.3 is 0 Å². The molecule has 6 nitrogen and oxygen atoms in total. The molecular weight excluding hydrogens is 362 g/mol. The summed E-state index contributed by atoms with van der Waals surface area (Å²) in [5.41, 5.74) is 4.85. The van der Waals surface area contributed by atoms with Gasteiger partial charge in [0.25, 0.3) is 5.91 Å². The first kappa shape index (κ1) is 18.7. The fourth-order valence-corrected chi connectivity index (χ4v) is 3.16. The fraction of sp³-hybridized carbons (Fsp3) is 0.174. The maximum Gasteiger partial charge on any atom is 0.254 e. The molecule has 0 bridgehead atoms. The Morgan fingerprint density at radius 2 is 1.79 bits per heavy atom. The van der Waals surface area contributed by atoms with Gasteiger partial charge < -0.3 is 4.90 Å². The van der Waals surface area contributed by atoms with Crippen molar-refractivity contribution >= 4 is 16.8 Å². The van der Waals surface area contributed by atoms with Crippen molar-refractivity contribution in [1.82, 2.24) is 24.8 Å². The topological polar surface area (TPSA) is 71.9 Å². The van der Waals surface area contributed by atoms with E-state index < -0.39 is 0 Å². The van der Waals surface area contributed by atoms with Crippen molar-refractivity contribution in [3.63, 3.8) is 0 Å². The summed E-state index contributed by atoms with van der Waals surface area (Å²) in [5.74, 6) is 0.541. The van der Waals surface area contributed by atoms with Crippen molar-refractivity contribution in [3.05, 3.63) is 72.3 Å². The highest BCUT2D eigenvalue weighted by molar-refractivity contribution is 6.07. The number of hydrogen-bond donors (Lipinski definition) is 0. The second kappa shape index (κ2) is 7.75. The van der Waals surface area contributed by atoms with Crippen LogP contribution in [0.15, 0.2) is 61.2 Å². The molecule has 0 radical (unpaired) electrons. The molecule has 6 heteroatoms. The third-order valence-electron chi connectivity index (χ3n) is 4.79. The zero-order valence-electron chi connectivity index (χ0n) is 16.6. The van der Waals surface area contributed by atoms with Crippen LogP contribution in [0.25, 0.3) is 33.5 Å². The smallest absolute Gasteiger partial charge is 0.254 e. The minimum absolute atomic E-state index is 0.0557. The molecule has 1 aromatic carbocycles. The van der Waals surface area contributed by atoms with Crippen LogP contribution in [0.4, 0.5) is 0 Å². The molecular formula is C23H21N5O. The molecule has 0 saturated carbocycles. The molecule has 0 unspecified atom stereocenters. The van der Waals surface area contributed by atoms with E-state index in [9.17, 15) is 4.79 Å². The van der Waals surface area contributed by atoms with Gasteiger partial charge in [-0.05, 0) is 42.3 Å². The Balaban J connectivity index is 1.82. The average Bonchev–Trinajstić information content (AvgIpc) is 2.78. The predicted octanol–water partition coefficient (Wildman–Crippen LogP) is 4.02. The molecule has 0 saturated heterocycles. The van der Waals surface area contributed by atoms with Crippen LogP contribution in [0.5, 0.6) is 0 Å². The number of rotatable bonds is 4. The highest BCUT2D eigenvalue weighted by Gasteiger charge is 2.16. The lowest BCUT2D eigenvalue weighted by Gasteiger charge is -2.14. The van der Waals surface area contributed by atoms with Crippen LogP contribution in [0, 0.1) is 0 Å². The van der Waals surface area contributed by atoms with Crippen molar-refractivity contribution in [2.75, 3.05) is 14.1 Å². The molecule has 29 heavy (non-hydrogen) atoms. The van der Waals surface area contributed by atoms with E-state index in [4.69, 9.17) is 4.98 Å². The zero-order valence-corrected chi connectivity index (χ0v) is 16.6. The number of aromatic nitrogens is 4. The van der Waals surface area contributed by atoms with Gasteiger partial charge in [-0.3, -0.25) is 9.78 Å². The molecule has 3 heterocycles. The summed E-state index contributed by atoms with van der Waals surface area (Å²) < 4.78 is 0. The maximum absolute atomic E-state index is 12.8. The van der Waals surface area contributed by atoms with Crippen molar-refractivity contribution in [2.45, 2.75) is 13.3 Å². The third-order valence-corrected chi connectivity index (χ3v) is 4.79. The minimum atomic E-state index is -0.0557. The SMILES string of the molecule is CCc1ccc2nc(-c3cnc(-c4cccnc4)nc3)cc(C(=O)N(C)C)c2c1. The molecule has 0 aliphatic carbocycles. The standard InChI is InChI=1S/C23H21N5O/c1-4-15-7-8-20-18(10-15)19(23(29)28(2)3)11-21(27-20)17-13-25-22(26-14-17)16-6-5-9-24-12-16/h5-14H,4H2,1-3H3. The van der Waals surface area contributed by atoms with Gasteiger partial charge in [-0.15, -0.1) is 0 Å². The van der Waals surface area contributed by atoms with E-state index in [0.29, 0.717) is 17.1 Å². The van der Waals surface area contributed by atoms with Crippen molar-refractivity contribution < 1.29 is 4.79 Å². The third kappa shape index (κ3) is 3.69. The van der Waals surface area contributed by atoms with Crippen molar-refractivity contribution in [2.24, 2.45) is 0 Å². The summed E-state index contributed by atoms with van der Waals surface area (Å²) in [4.78, 5) is 32.2. The van der Waals surface area contributed by atoms with Crippen LogP contribution in [0.2, 0.25) is 0 Å². The van der Waals surface area contributed by atoms with Crippen LogP contribution in [0.3, 0.4) is 0 Å². The number of hydrogen-bond acceptors (Lipinski definition) is 5. The lowest BCUT2D eigenvalue weighted by atomic mass is 10.0. The summed E-state index contributed by atoms with van der Waals surface area (Å²) in [5, 5.41) is 0.861. The monoisotopic (exact) mass is 383 g/mol. The molecule has 3 aromatic heterocycles. The first-order chi connectivity index (χ1) is 14.1. The van der Waals surface area contributed by atoms with E-state index >= 15 is 0 Å². The highest BCUT2D eigenvalue weighted by Crippen LogP contribution is 2.27. The maximum atomic E-state index is 12.8. The molecule has 1 amide bonds. The Morgan fingerprint density at radius 1 is 1.00 bits per heavy atom. The van der Waals surface area contributed by atoms with Crippen LogP contribution in [-0.2, 0) is 6.42 Å². The summed E-state index contributed by atoms with van der Waals surface area (Å²) in [6.07, 6.45) is 7.80. The van der Waals surface area contributed by atoms with E-state index in [1.54, 1.807) is 43.8 Å². The Bertz CT molecular complexity index is 1170. The number of fused-ring (bicyclic) bond motifs is 1. The molecule has 0 aliphatic rings. The van der Waals surface area contributed by atoms with E-state index in [0.717, 1.165) is 28.5 Å². The van der Waals surface area contributed by atoms with Gasteiger partial charge in [0.05, 0.1) is 16.8 Å². The van der Waals surface area contributed by atoms with Crippen molar-refractivity contribution in [1.29, 1.82) is 0 Å². The quantitative estimate of drug-likeness (QED) is 0.532. The number of benzene rings is 1. The van der Waals surface area contributed by atoms with Gasteiger partial charge in [0.1, 0.15) is 0 Å². The second-order valence-electron chi connectivity index (χ2n) is 7.00. The summed E-state index contributed by atoms with van der Waals surface area (Å²) >= 11 is 0. The molecule has 0 atom stereocenters. The van der Waals surface area contributed by atoms with E-state index in [-0.39, 0.29) is 5.91 Å². The van der Waals surface area contributed by atoms with Gasteiger partial charge in [-0.2, -0.15) is 0 Å². The second-order valence-corrected chi connectivity index (χ2v) is 7.00. The molecule has 4 rings (SSSR count). The molecule has 4 aromatic rings. The number of amides is 1. The van der Waals surface area contributed by atoms with E-state index in [2.05, 4.69) is 21.9 Å². The molecule has 0 spiro atoms. The predicted molar refractivity (Wildman–Crippen MR) is 113 cm³/mol. The average molecular weight is 383 g/mol. The molecule has 0 fully saturated rings. The Morgan fingerprint density at radius 3 is 2.45 bits per heavy atom. The van der Waals surface area contributed by atoms with Gasteiger partial charge in [-0.25, -0.2) is 15.0 Å². The van der Waals surface area contributed by atoms with Crippen molar-refractivity contribution in [3.8, 4) is 22.6 Å². The number of nitrogens with zero attached hydrogens (tertiary/aromatic N) is 5. The largest absolute Gasteiger partial charge is 0.345 e. The highest BCUT2D eigenvalue weighted by atomic mass is 16.2. The normalized spacial score (nSPS) is 10.9. The van der Waals surface area contributed by atoms with E-state index in [1.165, 1.54) is 5.56 Å². The van der Waals surface area contributed by atoms with Gasteiger partial charge in [0.2, 0.25) is 0 Å². The lowest BCUT2D eigenvalue weighted by Crippen LogP contribution is -2.22. The number of carbonyl (C=O) groups is 1. The first-order valence-corrected chi connectivity index (χ1v) is 9.45. The van der Waals surface area contributed by atoms with Gasteiger partial charge in [-0.1, -0.05) is 13.0 Å². The summed E-state index contributed by atoms with van der Waals surface area (Å²) in [6.45, 7) is 2.09. The Labute approximate surface area is 169 Å². The first-order valence-electron chi connectivity index (χ1n) is 9.45. The Kier molecular flexibility index (Phi) is 4.99. The lowest BCUT2D eigenvalue weighted by molar-refractivity contribution is 0.0829. The van der Waals surface area contributed by atoms with Crippen LogP contribution in [0.1, 0.15) is 22.8 Å². The van der Waals surface area contributed by atoms with Crippen LogP contribution < -0.4 is 0 Å². The number of aryl methyl sites for hydroxylation is 1. The summed E-state index contributed by atoms with van der Waals surface area (Å²) in [6, 6.07) is 11.6. The zero-order chi connectivity index (χ0) is 20.4. The number of pyridine rings is 2. The number of carbonyl (C=O) groups excluding carboxylic acids is 1.